The van der Waals surface area contributed by atoms with Crippen molar-refractivity contribution in [3.05, 3.63) is 18.2 Å². The molecule has 0 aliphatic carbocycles. The van der Waals surface area contributed by atoms with Gasteiger partial charge in [-0.3, -0.25) is 19.2 Å². The van der Waals surface area contributed by atoms with Crippen molar-refractivity contribution in [3.8, 4) is 0 Å². The van der Waals surface area contributed by atoms with E-state index in [2.05, 4.69) is 38.5 Å². The lowest BCUT2D eigenvalue weighted by Gasteiger charge is -2.24. The van der Waals surface area contributed by atoms with E-state index in [1.807, 2.05) is 6.26 Å². The molecule has 0 saturated heterocycles. The lowest BCUT2D eigenvalue weighted by atomic mass is 10.1. The first-order valence-corrected chi connectivity index (χ1v) is 12.3. The van der Waals surface area contributed by atoms with Crippen LogP contribution >= 0.6 is 24.4 Å². The minimum atomic E-state index is -1.47. The molecule has 0 spiro atoms. The van der Waals surface area contributed by atoms with Crippen molar-refractivity contribution < 1.29 is 34.2 Å². The molecular formula is C19H30N6O7S2. The molecule has 1 heterocycles. The van der Waals surface area contributed by atoms with E-state index in [-0.39, 0.29) is 18.6 Å². The lowest BCUT2D eigenvalue weighted by molar-refractivity contribution is -0.143. The number of thioether (sulfide) groups is 1. The number of imidazole rings is 1. The zero-order valence-corrected chi connectivity index (χ0v) is 20.2. The highest BCUT2D eigenvalue weighted by Crippen LogP contribution is 2.05. The average Bonchev–Trinajstić information content (AvgIpc) is 3.30. The number of thiol groups is 1. The van der Waals surface area contributed by atoms with Gasteiger partial charge in [0.2, 0.25) is 17.7 Å². The normalized spacial score (nSPS) is 14.3. The minimum absolute atomic E-state index is 0.0662. The van der Waals surface area contributed by atoms with E-state index in [0.717, 1.165) is 0 Å². The summed E-state index contributed by atoms with van der Waals surface area (Å²) in [5.74, 6) is -4.17. The summed E-state index contributed by atoms with van der Waals surface area (Å²) in [5.41, 5.74) is 6.30. The molecule has 1 aromatic rings. The molecule has 0 aromatic carbocycles. The number of nitrogens with zero attached hydrogens (tertiary/aromatic N) is 1. The van der Waals surface area contributed by atoms with Crippen LogP contribution in [-0.4, -0.2) is 91.8 Å². The van der Waals surface area contributed by atoms with Crippen LogP contribution in [0.15, 0.2) is 12.5 Å². The van der Waals surface area contributed by atoms with Crippen LogP contribution in [-0.2, 0) is 30.4 Å². The Morgan fingerprint density at radius 2 is 1.68 bits per heavy atom. The van der Waals surface area contributed by atoms with Crippen molar-refractivity contribution in [2.24, 2.45) is 5.73 Å². The summed E-state index contributed by atoms with van der Waals surface area (Å²) in [4.78, 5) is 66.8. The number of aromatic amines is 1. The van der Waals surface area contributed by atoms with Gasteiger partial charge in [-0.1, -0.05) is 0 Å². The Morgan fingerprint density at radius 1 is 1.06 bits per heavy atom. The first-order chi connectivity index (χ1) is 16.1. The number of aromatic nitrogens is 2. The molecule has 0 radical (unpaired) electrons. The third-order valence-corrected chi connectivity index (χ3v) is 5.67. The second-order valence-corrected chi connectivity index (χ2v) is 8.66. The predicted molar refractivity (Wildman–Crippen MR) is 127 cm³/mol. The number of H-pyrrole nitrogens is 1. The van der Waals surface area contributed by atoms with E-state index >= 15 is 0 Å². The van der Waals surface area contributed by atoms with Crippen molar-refractivity contribution >= 4 is 54.1 Å². The number of rotatable bonds is 16. The van der Waals surface area contributed by atoms with Gasteiger partial charge in [-0.25, -0.2) is 9.78 Å². The Balaban J connectivity index is 2.92. The van der Waals surface area contributed by atoms with Gasteiger partial charge in [0.25, 0.3) is 0 Å². The van der Waals surface area contributed by atoms with E-state index in [0.29, 0.717) is 17.9 Å². The highest BCUT2D eigenvalue weighted by molar-refractivity contribution is 7.98. The first kappa shape index (κ1) is 29.3. The van der Waals surface area contributed by atoms with E-state index in [4.69, 9.17) is 10.8 Å². The van der Waals surface area contributed by atoms with Gasteiger partial charge < -0.3 is 36.9 Å². The van der Waals surface area contributed by atoms with Gasteiger partial charge in [0.15, 0.2) is 0 Å². The molecule has 0 aliphatic heterocycles. The van der Waals surface area contributed by atoms with Crippen LogP contribution in [0.3, 0.4) is 0 Å². The molecule has 4 unspecified atom stereocenters. The highest BCUT2D eigenvalue weighted by Gasteiger charge is 2.30. The predicted octanol–water partition coefficient (Wildman–Crippen LogP) is -1.63. The van der Waals surface area contributed by atoms with Crippen LogP contribution in [0.2, 0.25) is 0 Å². The topological polar surface area (TPSA) is 217 Å². The van der Waals surface area contributed by atoms with E-state index in [1.165, 1.54) is 24.3 Å². The molecule has 3 amide bonds. The molecule has 15 heteroatoms. The number of carbonyl (C=O) groups excluding carboxylic acids is 3. The van der Waals surface area contributed by atoms with Gasteiger partial charge >= 0.3 is 11.9 Å². The van der Waals surface area contributed by atoms with Crippen LogP contribution in [0.5, 0.6) is 0 Å². The van der Waals surface area contributed by atoms with Crippen molar-refractivity contribution in [2.45, 2.75) is 49.9 Å². The maximum absolute atomic E-state index is 12.8. The number of nitrogens with two attached hydrogens (primary N) is 1. The number of carbonyl (C=O) groups is 5. The van der Waals surface area contributed by atoms with Crippen molar-refractivity contribution in [2.75, 3.05) is 17.8 Å². The third-order valence-electron chi connectivity index (χ3n) is 4.66. The van der Waals surface area contributed by atoms with Gasteiger partial charge in [-0.15, -0.1) is 0 Å². The van der Waals surface area contributed by atoms with Gasteiger partial charge in [0.05, 0.1) is 12.4 Å². The number of hydrogen-bond acceptors (Lipinski definition) is 9. The van der Waals surface area contributed by atoms with Crippen LogP contribution in [0.1, 0.15) is 25.0 Å². The maximum Gasteiger partial charge on any atom is 0.326 e. The lowest BCUT2D eigenvalue weighted by Crippen LogP contribution is -2.58. The number of nitrogens with one attached hydrogen (secondary N) is 4. The van der Waals surface area contributed by atoms with Crippen LogP contribution in [0.25, 0.3) is 0 Å². The standard InChI is InChI=1S/C19H30N6O7S2/c1-34-5-4-11(20)16(28)25-14(8-33)18(30)24-13(6-10-7-21-9-22-10)17(29)23-12(19(31)32)2-3-15(26)27/h7,9,11-14,33H,2-6,8,20H2,1H3,(H,21,22)(H,23,29)(H,24,30)(H,25,28)(H,26,27)(H,31,32). The quantitative estimate of drug-likeness (QED) is 0.117. The second-order valence-electron chi connectivity index (χ2n) is 7.31. The van der Waals surface area contributed by atoms with Gasteiger partial charge in [-0.2, -0.15) is 24.4 Å². The summed E-state index contributed by atoms with van der Waals surface area (Å²) in [6, 6.07) is -4.64. The monoisotopic (exact) mass is 518 g/mol. The molecule has 13 nitrogen and oxygen atoms in total. The molecule has 0 fully saturated rings. The molecule has 8 N–H and O–H groups in total. The SMILES string of the molecule is CSCCC(N)C(=O)NC(CS)C(=O)NC(Cc1cnc[nH]1)C(=O)NC(CCC(=O)O)C(=O)O. The average molecular weight is 519 g/mol. The van der Waals surface area contributed by atoms with Crippen molar-refractivity contribution in [3.63, 3.8) is 0 Å². The summed E-state index contributed by atoms with van der Waals surface area (Å²) in [5, 5.41) is 25.3. The van der Waals surface area contributed by atoms with Crippen LogP contribution in [0.4, 0.5) is 0 Å². The van der Waals surface area contributed by atoms with Crippen LogP contribution < -0.4 is 21.7 Å². The Labute approximate surface area is 205 Å². The summed E-state index contributed by atoms with van der Waals surface area (Å²) in [7, 11) is 0. The molecule has 0 saturated carbocycles. The Hall–Kier alpha value is -2.78. The number of amides is 3. The van der Waals surface area contributed by atoms with Crippen molar-refractivity contribution in [1.29, 1.82) is 0 Å². The molecular weight excluding hydrogens is 488 g/mol. The molecule has 34 heavy (non-hydrogen) atoms. The molecule has 4 atom stereocenters. The van der Waals surface area contributed by atoms with Crippen LogP contribution in [0, 0.1) is 0 Å². The highest BCUT2D eigenvalue weighted by atomic mass is 32.2. The number of hydrogen-bond donors (Lipinski definition) is 8. The number of carboxylic acid groups (broad SMARTS) is 2. The zero-order valence-electron chi connectivity index (χ0n) is 18.5. The Morgan fingerprint density at radius 3 is 2.21 bits per heavy atom. The first-order valence-electron chi connectivity index (χ1n) is 10.3. The molecule has 190 valence electrons. The maximum atomic E-state index is 12.8. The van der Waals surface area contributed by atoms with Gasteiger partial charge in [0.1, 0.15) is 18.1 Å². The largest absolute Gasteiger partial charge is 0.481 e. The summed E-state index contributed by atoms with van der Waals surface area (Å²) >= 11 is 5.61. The fraction of sp³-hybridized carbons (Fsp3) is 0.579. The van der Waals surface area contributed by atoms with E-state index < -0.39 is 60.2 Å². The summed E-state index contributed by atoms with van der Waals surface area (Å²) in [6.07, 6.45) is 4.19. The molecule has 0 bridgehead atoms. The Bertz CT molecular complexity index is 839. The van der Waals surface area contributed by atoms with Crippen molar-refractivity contribution in [1.82, 2.24) is 25.9 Å². The smallest absolute Gasteiger partial charge is 0.326 e. The Kier molecular flexibility index (Phi) is 13.1. The number of carboxylic acids is 2. The molecule has 0 aliphatic rings. The molecule has 1 rings (SSSR count). The van der Waals surface area contributed by atoms with E-state index in [9.17, 15) is 29.1 Å². The van der Waals surface area contributed by atoms with E-state index in [1.54, 1.807) is 0 Å². The van der Waals surface area contributed by atoms with Gasteiger partial charge in [-0.05, 0) is 24.9 Å². The minimum Gasteiger partial charge on any atom is -0.481 e. The number of aliphatic carboxylic acids is 2. The summed E-state index contributed by atoms with van der Waals surface area (Å²) < 4.78 is 0. The zero-order chi connectivity index (χ0) is 25.7. The fourth-order valence-electron chi connectivity index (χ4n) is 2.74. The molecule has 1 aromatic heterocycles. The third kappa shape index (κ3) is 10.4. The second kappa shape index (κ2) is 15.2. The van der Waals surface area contributed by atoms with Gasteiger partial charge in [0, 0.05) is 30.5 Å². The fourth-order valence-corrected chi connectivity index (χ4v) is 3.49. The summed E-state index contributed by atoms with van der Waals surface area (Å²) in [6.45, 7) is 0.